The van der Waals surface area contributed by atoms with Crippen molar-refractivity contribution >= 4 is 5.97 Å². The van der Waals surface area contributed by atoms with Crippen LogP contribution in [-0.4, -0.2) is 19.6 Å². The van der Waals surface area contributed by atoms with Gasteiger partial charge in [0, 0.05) is 12.5 Å². The number of carbonyl (C=O) groups excluding carboxylic acids is 1. The molecule has 2 rings (SSSR count). The summed E-state index contributed by atoms with van der Waals surface area (Å²) in [5.41, 5.74) is 8.44. The van der Waals surface area contributed by atoms with E-state index in [2.05, 4.69) is 4.74 Å². The van der Waals surface area contributed by atoms with Crippen LogP contribution in [0, 0.1) is 12.7 Å². The third kappa shape index (κ3) is 5.87. The number of methoxy groups -OCH3 is 1. The molecule has 134 valence electrons. The highest BCUT2D eigenvalue weighted by molar-refractivity contribution is 5.69. The lowest BCUT2D eigenvalue weighted by Crippen LogP contribution is -2.03. The predicted molar refractivity (Wildman–Crippen MR) is 95.4 cm³/mol. The summed E-state index contributed by atoms with van der Waals surface area (Å²) in [6, 6.07) is 10.3. The van der Waals surface area contributed by atoms with Crippen LogP contribution in [0.1, 0.15) is 29.5 Å². The van der Waals surface area contributed by atoms with E-state index in [4.69, 9.17) is 10.5 Å². The van der Waals surface area contributed by atoms with Gasteiger partial charge in [-0.15, -0.1) is 0 Å². The van der Waals surface area contributed by atoms with E-state index in [0.29, 0.717) is 30.9 Å². The van der Waals surface area contributed by atoms with E-state index in [0.717, 1.165) is 29.5 Å². The Hall–Kier alpha value is -2.40. The molecule has 0 radical (unpaired) electrons. The molecule has 0 heterocycles. The maximum atomic E-state index is 13.8. The van der Waals surface area contributed by atoms with Crippen LogP contribution in [0.3, 0.4) is 0 Å². The third-order valence-corrected chi connectivity index (χ3v) is 3.98. The molecule has 2 aromatic rings. The van der Waals surface area contributed by atoms with E-state index in [9.17, 15) is 9.18 Å². The summed E-state index contributed by atoms with van der Waals surface area (Å²) in [6.45, 7) is 2.52. The van der Waals surface area contributed by atoms with Gasteiger partial charge in [-0.1, -0.05) is 6.07 Å². The summed E-state index contributed by atoms with van der Waals surface area (Å²) < 4.78 is 24.2. The lowest BCUT2D eigenvalue weighted by atomic mass is 10.0. The summed E-state index contributed by atoms with van der Waals surface area (Å²) in [7, 11) is 1.38. The first-order valence-corrected chi connectivity index (χ1v) is 8.35. The molecule has 0 amide bonds. The smallest absolute Gasteiger partial charge is 0.305 e. The van der Waals surface area contributed by atoms with Gasteiger partial charge in [0.05, 0.1) is 7.11 Å². The number of hydrogen-bond acceptors (Lipinski definition) is 4. The Labute approximate surface area is 147 Å². The number of esters is 1. The molecule has 2 aromatic carbocycles. The maximum Gasteiger partial charge on any atom is 0.305 e. The Morgan fingerprint density at radius 1 is 1.12 bits per heavy atom. The van der Waals surface area contributed by atoms with E-state index in [1.807, 2.05) is 31.2 Å². The van der Waals surface area contributed by atoms with Crippen molar-refractivity contribution in [3.8, 4) is 11.5 Å². The van der Waals surface area contributed by atoms with Crippen molar-refractivity contribution in [1.82, 2.24) is 0 Å². The van der Waals surface area contributed by atoms with Crippen LogP contribution in [0.5, 0.6) is 11.5 Å². The minimum atomic E-state index is -0.323. The van der Waals surface area contributed by atoms with E-state index < -0.39 is 0 Å². The Morgan fingerprint density at radius 2 is 1.92 bits per heavy atom. The van der Waals surface area contributed by atoms with Crippen LogP contribution in [0.25, 0.3) is 0 Å². The molecule has 0 saturated heterocycles. The monoisotopic (exact) mass is 345 g/mol. The van der Waals surface area contributed by atoms with Crippen LogP contribution >= 0.6 is 0 Å². The van der Waals surface area contributed by atoms with Gasteiger partial charge in [-0.2, -0.15) is 0 Å². The number of aryl methyl sites for hydroxylation is 3. The first-order chi connectivity index (χ1) is 12.0. The van der Waals surface area contributed by atoms with Crippen LogP contribution in [0.4, 0.5) is 4.39 Å². The van der Waals surface area contributed by atoms with Crippen molar-refractivity contribution in [2.45, 2.75) is 32.6 Å². The third-order valence-electron chi connectivity index (χ3n) is 3.98. The summed E-state index contributed by atoms with van der Waals surface area (Å²) >= 11 is 0. The predicted octanol–water partition coefficient (Wildman–Crippen LogP) is 3.92. The topological polar surface area (TPSA) is 61.5 Å². The standard InChI is InChI=1S/C20H24FNO3/c1-14-10-18(7-5-16(14)6-8-20(23)24-2)25-19-12-15(4-3-9-22)11-17(21)13-19/h5,7,10-13H,3-4,6,8-9,22H2,1-2H3. The van der Waals surface area contributed by atoms with Gasteiger partial charge in [0.25, 0.3) is 0 Å². The summed E-state index contributed by atoms with van der Waals surface area (Å²) in [5, 5.41) is 0. The highest BCUT2D eigenvalue weighted by atomic mass is 19.1. The Bertz CT molecular complexity index is 731. The zero-order valence-corrected chi connectivity index (χ0v) is 14.7. The maximum absolute atomic E-state index is 13.8. The summed E-state index contributed by atoms with van der Waals surface area (Å²) in [5.74, 6) is 0.545. The molecule has 0 aliphatic heterocycles. The fourth-order valence-corrected chi connectivity index (χ4v) is 2.62. The van der Waals surface area contributed by atoms with Crippen molar-refractivity contribution in [2.75, 3.05) is 13.7 Å². The van der Waals surface area contributed by atoms with E-state index in [-0.39, 0.29) is 11.8 Å². The first kappa shape index (κ1) is 18.9. The van der Waals surface area contributed by atoms with Crippen molar-refractivity contribution in [1.29, 1.82) is 0 Å². The highest BCUT2D eigenvalue weighted by Gasteiger charge is 2.07. The first-order valence-electron chi connectivity index (χ1n) is 8.35. The fraction of sp³-hybridized carbons (Fsp3) is 0.350. The van der Waals surface area contributed by atoms with Gasteiger partial charge in [-0.3, -0.25) is 4.79 Å². The normalized spacial score (nSPS) is 10.6. The number of nitrogens with two attached hydrogens (primary N) is 1. The number of hydrogen-bond donors (Lipinski definition) is 1. The molecule has 0 bridgehead atoms. The SMILES string of the molecule is COC(=O)CCc1ccc(Oc2cc(F)cc(CCCN)c2)cc1C. The average molecular weight is 345 g/mol. The number of ether oxygens (including phenoxy) is 2. The lowest BCUT2D eigenvalue weighted by molar-refractivity contribution is -0.140. The van der Waals surface area contributed by atoms with Gasteiger partial charge in [-0.05, 0) is 73.7 Å². The zero-order chi connectivity index (χ0) is 18.2. The Balaban J connectivity index is 2.08. The molecule has 2 N–H and O–H groups in total. The van der Waals surface area contributed by atoms with Gasteiger partial charge < -0.3 is 15.2 Å². The zero-order valence-electron chi connectivity index (χ0n) is 14.7. The Kier molecular flexibility index (Phi) is 6.95. The van der Waals surface area contributed by atoms with Crippen molar-refractivity contribution in [3.63, 3.8) is 0 Å². The van der Waals surface area contributed by atoms with Gasteiger partial charge in [0.1, 0.15) is 17.3 Å². The van der Waals surface area contributed by atoms with Gasteiger partial charge in [0.15, 0.2) is 0 Å². The van der Waals surface area contributed by atoms with Gasteiger partial charge >= 0.3 is 5.97 Å². The molecule has 0 saturated carbocycles. The molecule has 0 unspecified atom stereocenters. The highest BCUT2D eigenvalue weighted by Crippen LogP contribution is 2.26. The van der Waals surface area contributed by atoms with Crippen molar-refractivity contribution < 1.29 is 18.7 Å². The number of halogens is 1. The molecule has 0 aliphatic rings. The molecule has 0 aliphatic carbocycles. The molecular weight excluding hydrogens is 321 g/mol. The molecular formula is C20H24FNO3. The largest absolute Gasteiger partial charge is 0.469 e. The molecule has 0 aromatic heterocycles. The molecule has 0 fully saturated rings. The second-order valence-corrected chi connectivity index (χ2v) is 5.95. The quantitative estimate of drug-likeness (QED) is 0.737. The fourth-order valence-electron chi connectivity index (χ4n) is 2.62. The van der Waals surface area contributed by atoms with Crippen LogP contribution in [0.15, 0.2) is 36.4 Å². The second kappa shape index (κ2) is 9.18. The van der Waals surface area contributed by atoms with Crippen LogP contribution < -0.4 is 10.5 Å². The summed E-state index contributed by atoms with van der Waals surface area (Å²) in [6.07, 6.45) is 2.47. The minimum Gasteiger partial charge on any atom is -0.469 e. The molecule has 5 heteroatoms. The lowest BCUT2D eigenvalue weighted by Gasteiger charge is -2.11. The molecule has 25 heavy (non-hydrogen) atoms. The van der Waals surface area contributed by atoms with Crippen molar-refractivity contribution in [3.05, 3.63) is 58.9 Å². The van der Waals surface area contributed by atoms with E-state index in [1.54, 1.807) is 0 Å². The van der Waals surface area contributed by atoms with E-state index in [1.165, 1.54) is 19.2 Å². The molecule has 4 nitrogen and oxygen atoms in total. The number of benzene rings is 2. The molecule has 0 atom stereocenters. The second-order valence-electron chi connectivity index (χ2n) is 5.95. The minimum absolute atomic E-state index is 0.232. The van der Waals surface area contributed by atoms with E-state index >= 15 is 0 Å². The van der Waals surface area contributed by atoms with Crippen LogP contribution in [0.2, 0.25) is 0 Å². The average Bonchev–Trinajstić information content (AvgIpc) is 2.58. The molecule has 0 spiro atoms. The van der Waals surface area contributed by atoms with Gasteiger partial charge in [-0.25, -0.2) is 4.39 Å². The van der Waals surface area contributed by atoms with Gasteiger partial charge in [0.2, 0.25) is 0 Å². The number of carbonyl (C=O) groups is 1. The van der Waals surface area contributed by atoms with Crippen molar-refractivity contribution in [2.24, 2.45) is 5.73 Å². The number of rotatable bonds is 8. The van der Waals surface area contributed by atoms with Crippen LogP contribution in [-0.2, 0) is 22.4 Å². The Morgan fingerprint density at radius 3 is 2.60 bits per heavy atom. The summed E-state index contributed by atoms with van der Waals surface area (Å²) in [4.78, 5) is 11.3.